The lowest BCUT2D eigenvalue weighted by atomic mass is 9.99. The monoisotopic (exact) mass is 835 g/mol. The van der Waals surface area contributed by atoms with E-state index in [1.165, 1.54) is 12.1 Å². The molecule has 3 N–H and O–H groups in total. The fourth-order valence-electron chi connectivity index (χ4n) is 7.52. The molecule has 8 rings (SSSR count). The molecule has 4 aromatic carbocycles. The van der Waals surface area contributed by atoms with E-state index in [1.54, 1.807) is 37.4 Å². The Hall–Kier alpha value is -6.63. The number of aryl methyl sites for hydroxylation is 4. The Balaban J connectivity index is 1.12. The molecule has 4 heterocycles. The zero-order valence-electron chi connectivity index (χ0n) is 33.1. The SMILES string of the molecule is CCc1nc2c(CC)c(CCc3nc4c(C#N)cccn4c3-c3cccc(Oc4cccc(S(=O)NC)c4)c3)ccn2c1-c1cccc(Oc2cccc(S(N)(=O)=O)c2)c1. The molecule has 0 radical (unpaired) electrons. The molecule has 0 aliphatic rings. The molecule has 0 fully saturated rings. The number of nitrogens with one attached hydrogen (secondary N) is 1. The summed E-state index contributed by atoms with van der Waals surface area (Å²) in [4.78, 5) is 10.8. The number of pyridine rings is 2. The number of imidazole rings is 2. The summed E-state index contributed by atoms with van der Waals surface area (Å²) in [5.74, 6) is 2.06. The van der Waals surface area contributed by atoms with Crippen LogP contribution in [0.1, 0.15) is 41.9 Å². The van der Waals surface area contributed by atoms with E-state index in [1.807, 2.05) is 77.3 Å². The number of sulfonamides is 1. The van der Waals surface area contributed by atoms with Crippen LogP contribution in [-0.4, -0.2) is 38.4 Å². The minimum absolute atomic E-state index is 0.0265. The molecule has 1 unspecified atom stereocenters. The summed E-state index contributed by atoms with van der Waals surface area (Å²) in [6.07, 6.45) is 6.71. The van der Waals surface area contributed by atoms with Crippen molar-refractivity contribution in [3.8, 4) is 51.6 Å². The quantitative estimate of drug-likeness (QED) is 0.110. The summed E-state index contributed by atoms with van der Waals surface area (Å²) >= 11 is 0. The highest BCUT2D eigenvalue weighted by Gasteiger charge is 2.21. The number of hydrogen-bond acceptors (Lipinski definition) is 8. The molecule has 0 saturated carbocycles. The van der Waals surface area contributed by atoms with Crippen LogP contribution in [0.2, 0.25) is 0 Å². The van der Waals surface area contributed by atoms with Crippen molar-refractivity contribution < 1.29 is 22.1 Å². The summed E-state index contributed by atoms with van der Waals surface area (Å²) in [6, 6.07) is 36.8. The number of nitriles is 1. The molecular formula is C46H41N7O5S2. The fourth-order valence-corrected chi connectivity index (χ4v) is 8.73. The molecule has 0 spiro atoms. The van der Waals surface area contributed by atoms with Gasteiger partial charge in [0.05, 0.1) is 38.1 Å². The van der Waals surface area contributed by atoms with Crippen LogP contribution in [0, 0.1) is 11.3 Å². The third kappa shape index (κ3) is 8.03. The molecule has 0 amide bonds. The molecule has 8 aromatic rings. The van der Waals surface area contributed by atoms with Gasteiger partial charge in [-0.15, -0.1) is 0 Å². The summed E-state index contributed by atoms with van der Waals surface area (Å²) in [6.45, 7) is 4.22. The van der Waals surface area contributed by atoms with Gasteiger partial charge in [-0.05, 0) is 117 Å². The van der Waals surface area contributed by atoms with Crippen molar-refractivity contribution in [3.63, 3.8) is 0 Å². The number of rotatable bonds is 14. The van der Waals surface area contributed by atoms with Crippen molar-refractivity contribution >= 4 is 32.3 Å². The van der Waals surface area contributed by atoms with Crippen molar-refractivity contribution in [2.24, 2.45) is 5.14 Å². The van der Waals surface area contributed by atoms with Gasteiger partial charge < -0.3 is 9.47 Å². The first-order chi connectivity index (χ1) is 29.1. The topological polar surface area (TPSA) is 166 Å². The van der Waals surface area contributed by atoms with E-state index in [0.29, 0.717) is 58.4 Å². The highest BCUT2D eigenvalue weighted by molar-refractivity contribution is 7.89. The summed E-state index contributed by atoms with van der Waals surface area (Å²) < 4.78 is 55.5. The van der Waals surface area contributed by atoms with Crippen LogP contribution in [0.15, 0.2) is 137 Å². The average molecular weight is 836 g/mol. The first kappa shape index (κ1) is 40.2. The van der Waals surface area contributed by atoms with Crippen molar-refractivity contribution in [1.29, 1.82) is 5.26 Å². The minimum atomic E-state index is -3.89. The van der Waals surface area contributed by atoms with E-state index in [0.717, 1.165) is 57.1 Å². The van der Waals surface area contributed by atoms with Crippen molar-refractivity contribution in [1.82, 2.24) is 23.5 Å². The van der Waals surface area contributed by atoms with E-state index >= 15 is 0 Å². The summed E-state index contributed by atoms with van der Waals surface area (Å²) in [5, 5.41) is 15.4. The van der Waals surface area contributed by atoms with Gasteiger partial charge in [0.1, 0.15) is 45.7 Å². The maximum atomic E-state index is 12.4. The number of primary sulfonamides is 1. The van der Waals surface area contributed by atoms with Gasteiger partial charge in [0.25, 0.3) is 0 Å². The molecule has 0 aliphatic carbocycles. The highest BCUT2D eigenvalue weighted by atomic mass is 32.2. The molecule has 0 saturated heterocycles. The molecule has 0 bridgehead atoms. The largest absolute Gasteiger partial charge is 0.457 e. The molecule has 302 valence electrons. The van der Waals surface area contributed by atoms with Crippen LogP contribution in [0.5, 0.6) is 23.0 Å². The third-order valence-corrected chi connectivity index (χ3v) is 12.2. The number of ether oxygens (including phenoxy) is 2. The lowest BCUT2D eigenvalue weighted by molar-refractivity contribution is 0.481. The van der Waals surface area contributed by atoms with E-state index in [9.17, 15) is 17.9 Å². The van der Waals surface area contributed by atoms with Gasteiger partial charge in [0.2, 0.25) is 10.0 Å². The molecule has 60 heavy (non-hydrogen) atoms. The standard InChI is InChI=1S/C46H41N7O5S2/c1-4-40-30(22-24-53-43(41(5-2)50-46(40)53)31-11-6-15-35(25-31)58-37-17-9-19-39(28-37)60(48,55)56)20-21-42-44(52-23-10-13-33(29-47)45(52)51-42)32-12-7-14-34(26-32)57-36-16-8-18-38(27-36)59(54)49-3/h6-19,22-28,49H,4-5,20-21H2,1-3H3,(H2,48,55,56). The fraction of sp³-hybridized carbons (Fsp3) is 0.152. The van der Waals surface area contributed by atoms with Gasteiger partial charge in [0, 0.05) is 29.6 Å². The Morgan fingerprint density at radius 2 is 1.32 bits per heavy atom. The lowest BCUT2D eigenvalue weighted by Crippen LogP contribution is -2.11. The molecule has 4 aromatic heterocycles. The molecule has 12 nitrogen and oxygen atoms in total. The first-order valence-electron chi connectivity index (χ1n) is 19.4. The zero-order valence-corrected chi connectivity index (χ0v) is 34.8. The average Bonchev–Trinajstić information content (AvgIpc) is 3.84. The van der Waals surface area contributed by atoms with Gasteiger partial charge in [0.15, 0.2) is 5.65 Å². The van der Waals surface area contributed by atoms with Crippen LogP contribution in [0.25, 0.3) is 33.8 Å². The van der Waals surface area contributed by atoms with Crippen LogP contribution < -0.4 is 19.3 Å². The highest BCUT2D eigenvalue weighted by Crippen LogP contribution is 2.35. The minimum Gasteiger partial charge on any atom is -0.457 e. The second-order valence-electron chi connectivity index (χ2n) is 14.0. The van der Waals surface area contributed by atoms with Crippen molar-refractivity contribution in [2.45, 2.75) is 49.3 Å². The second kappa shape index (κ2) is 16.9. The lowest BCUT2D eigenvalue weighted by Gasteiger charge is -2.13. The number of benzene rings is 4. The van der Waals surface area contributed by atoms with Crippen LogP contribution >= 0.6 is 0 Å². The number of fused-ring (bicyclic) bond motifs is 2. The zero-order chi connectivity index (χ0) is 42.0. The van der Waals surface area contributed by atoms with Gasteiger partial charge in [-0.1, -0.05) is 50.2 Å². The second-order valence-corrected chi connectivity index (χ2v) is 17.0. The van der Waals surface area contributed by atoms with Gasteiger partial charge in [-0.25, -0.2) is 32.5 Å². The Morgan fingerprint density at radius 1 is 0.717 bits per heavy atom. The van der Waals surface area contributed by atoms with Crippen molar-refractivity contribution in [3.05, 3.63) is 156 Å². The van der Waals surface area contributed by atoms with Crippen molar-refractivity contribution in [2.75, 3.05) is 7.05 Å². The Labute approximate surface area is 350 Å². The molecule has 0 aliphatic heterocycles. The smallest absolute Gasteiger partial charge is 0.238 e. The number of nitrogens with zero attached hydrogens (tertiary/aromatic N) is 5. The normalized spacial score (nSPS) is 12.1. The van der Waals surface area contributed by atoms with E-state index < -0.39 is 21.0 Å². The predicted molar refractivity (Wildman–Crippen MR) is 232 cm³/mol. The van der Waals surface area contributed by atoms with Crippen LogP contribution in [0.3, 0.4) is 0 Å². The van der Waals surface area contributed by atoms with Gasteiger partial charge >= 0.3 is 0 Å². The molecule has 1 atom stereocenters. The van der Waals surface area contributed by atoms with Crippen LogP contribution in [0.4, 0.5) is 0 Å². The van der Waals surface area contributed by atoms with E-state index in [-0.39, 0.29) is 4.90 Å². The van der Waals surface area contributed by atoms with E-state index in [4.69, 9.17) is 24.6 Å². The Bertz CT molecular complexity index is 3100. The third-order valence-electron chi connectivity index (χ3n) is 10.3. The first-order valence-corrected chi connectivity index (χ1v) is 22.1. The van der Waals surface area contributed by atoms with Gasteiger partial charge in [-0.3, -0.25) is 8.80 Å². The summed E-state index contributed by atoms with van der Waals surface area (Å²) in [7, 11) is -3.60. The maximum Gasteiger partial charge on any atom is 0.238 e. The maximum absolute atomic E-state index is 12.4. The van der Waals surface area contributed by atoms with Gasteiger partial charge in [-0.2, -0.15) is 5.26 Å². The summed E-state index contributed by atoms with van der Waals surface area (Å²) in [5.41, 5.74) is 9.59. The Morgan fingerprint density at radius 3 is 1.95 bits per heavy atom. The van der Waals surface area contributed by atoms with E-state index in [2.05, 4.69) is 41.3 Å². The van der Waals surface area contributed by atoms with Crippen LogP contribution in [-0.2, 0) is 46.7 Å². The number of nitrogens with two attached hydrogens (primary N) is 1. The number of hydrogen-bond donors (Lipinski definition) is 2. The number of aromatic nitrogens is 4. The molecule has 14 heteroatoms. The predicted octanol–water partition coefficient (Wildman–Crippen LogP) is 8.57. The molecular weight excluding hydrogens is 795 g/mol. The Kier molecular flexibility index (Phi) is 11.3.